The molecule has 9 heteroatoms. The summed E-state index contributed by atoms with van der Waals surface area (Å²) >= 11 is 0. The van der Waals surface area contributed by atoms with Crippen LogP contribution >= 0.6 is 0 Å². The van der Waals surface area contributed by atoms with Crippen molar-refractivity contribution in [1.29, 1.82) is 0 Å². The summed E-state index contributed by atoms with van der Waals surface area (Å²) in [4.78, 5) is 12.5. The van der Waals surface area contributed by atoms with E-state index in [9.17, 15) is 13.2 Å². The Balaban J connectivity index is 2.19. The SMILES string of the molecule is COc1cc(CNC(=O)c2cccc(N(C)S(C)(=O)=O)c2)cc(OC)c1OC. The van der Waals surface area contributed by atoms with Crippen LogP contribution < -0.4 is 23.8 Å². The summed E-state index contributed by atoms with van der Waals surface area (Å²) in [5.41, 5.74) is 1.51. The summed E-state index contributed by atoms with van der Waals surface area (Å²) in [6.07, 6.45) is 1.10. The minimum absolute atomic E-state index is 0.224. The van der Waals surface area contributed by atoms with Crippen molar-refractivity contribution >= 4 is 21.6 Å². The van der Waals surface area contributed by atoms with E-state index >= 15 is 0 Å². The van der Waals surface area contributed by atoms with Crippen LogP contribution in [0.2, 0.25) is 0 Å². The van der Waals surface area contributed by atoms with E-state index in [2.05, 4.69) is 5.32 Å². The molecule has 0 aliphatic carbocycles. The van der Waals surface area contributed by atoms with Crippen LogP contribution in [-0.4, -0.2) is 49.0 Å². The quantitative estimate of drug-likeness (QED) is 0.718. The first-order valence-electron chi connectivity index (χ1n) is 8.32. The van der Waals surface area contributed by atoms with Gasteiger partial charge in [0.1, 0.15) is 0 Å². The molecule has 0 aliphatic heterocycles. The summed E-state index contributed by atoms with van der Waals surface area (Å²) < 4.78 is 40.4. The number of methoxy groups -OCH3 is 3. The van der Waals surface area contributed by atoms with Crippen molar-refractivity contribution in [3.8, 4) is 17.2 Å². The molecule has 0 bridgehead atoms. The van der Waals surface area contributed by atoms with Crippen molar-refractivity contribution in [3.05, 3.63) is 47.5 Å². The summed E-state index contributed by atoms with van der Waals surface area (Å²) in [6.45, 7) is 0.224. The predicted octanol–water partition coefficient (Wildman–Crippen LogP) is 2.04. The van der Waals surface area contributed by atoms with Crippen LogP contribution in [-0.2, 0) is 16.6 Å². The Morgan fingerprint density at radius 1 is 1.04 bits per heavy atom. The summed E-state index contributed by atoms with van der Waals surface area (Å²) in [5.74, 6) is 1.11. The van der Waals surface area contributed by atoms with Gasteiger partial charge in [0.15, 0.2) is 11.5 Å². The smallest absolute Gasteiger partial charge is 0.251 e. The number of nitrogens with zero attached hydrogens (tertiary/aromatic N) is 1. The average molecular weight is 408 g/mol. The summed E-state index contributed by atoms with van der Waals surface area (Å²) in [5, 5.41) is 2.80. The zero-order valence-corrected chi connectivity index (χ0v) is 17.3. The number of amides is 1. The largest absolute Gasteiger partial charge is 0.493 e. The lowest BCUT2D eigenvalue weighted by Gasteiger charge is -2.17. The number of rotatable bonds is 8. The molecule has 28 heavy (non-hydrogen) atoms. The van der Waals surface area contributed by atoms with Crippen molar-refractivity contribution in [2.75, 3.05) is 38.9 Å². The second-order valence-corrected chi connectivity index (χ2v) is 8.01. The van der Waals surface area contributed by atoms with Gasteiger partial charge in [0.25, 0.3) is 5.91 Å². The Kier molecular flexibility index (Phi) is 6.74. The molecule has 0 radical (unpaired) electrons. The van der Waals surface area contributed by atoms with Gasteiger partial charge in [-0.25, -0.2) is 8.42 Å². The summed E-state index contributed by atoms with van der Waals surface area (Å²) in [7, 11) is 2.57. The molecular formula is C19H24N2O6S. The van der Waals surface area contributed by atoms with Crippen molar-refractivity contribution < 1.29 is 27.4 Å². The number of anilines is 1. The van der Waals surface area contributed by atoms with Gasteiger partial charge < -0.3 is 19.5 Å². The number of benzene rings is 2. The molecule has 2 rings (SSSR count). The second kappa shape index (κ2) is 8.83. The lowest BCUT2D eigenvalue weighted by Crippen LogP contribution is -2.26. The molecule has 0 saturated heterocycles. The third-order valence-corrected chi connectivity index (χ3v) is 5.35. The van der Waals surface area contributed by atoms with Gasteiger partial charge in [-0.15, -0.1) is 0 Å². The Morgan fingerprint density at radius 3 is 2.14 bits per heavy atom. The number of carbonyl (C=O) groups excluding carboxylic acids is 1. The van der Waals surface area contributed by atoms with Gasteiger partial charge in [-0.2, -0.15) is 0 Å². The normalized spacial score (nSPS) is 10.9. The second-order valence-electron chi connectivity index (χ2n) is 6.00. The molecule has 0 heterocycles. The van der Waals surface area contributed by atoms with E-state index in [1.54, 1.807) is 30.3 Å². The fourth-order valence-electron chi connectivity index (χ4n) is 2.56. The fraction of sp³-hybridized carbons (Fsp3) is 0.316. The topological polar surface area (TPSA) is 94.2 Å². The molecule has 0 unspecified atom stereocenters. The van der Waals surface area contributed by atoms with Crippen LogP contribution in [0.3, 0.4) is 0 Å². The van der Waals surface area contributed by atoms with Crippen molar-refractivity contribution in [2.45, 2.75) is 6.54 Å². The molecule has 0 atom stereocenters. The molecule has 0 aromatic heterocycles. The van der Waals surface area contributed by atoms with Crippen LogP contribution in [0, 0.1) is 0 Å². The highest BCUT2D eigenvalue weighted by Gasteiger charge is 2.16. The molecule has 0 aliphatic rings. The Morgan fingerprint density at radius 2 is 1.64 bits per heavy atom. The van der Waals surface area contributed by atoms with Crippen LogP contribution in [0.15, 0.2) is 36.4 Å². The Labute approximate surface area is 165 Å². The average Bonchev–Trinajstić information content (AvgIpc) is 2.69. The van der Waals surface area contributed by atoms with Gasteiger partial charge in [0.05, 0.1) is 33.3 Å². The first-order valence-corrected chi connectivity index (χ1v) is 10.2. The van der Waals surface area contributed by atoms with Crippen LogP contribution in [0.5, 0.6) is 17.2 Å². The highest BCUT2D eigenvalue weighted by atomic mass is 32.2. The highest BCUT2D eigenvalue weighted by Crippen LogP contribution is 2.38. The van der Waals surface area contributed by atoms with E-state index in [1.165, 1.54) is 34.4 Å². The highest BCUT2D eigenvalue weighted by molar-refractivity contribution is 7.92. The standard InChI is InChI=1S/C19H24N2O6S/c1-21(28(5,23)24)15-8-6-7-14(11-15)19(22)20-12-13-9-16(25-2)18(27-4)17(10-13)26-3/h6-11H,12H2,1-5H3,(H,20,22). The monoisotopic (exact) mass is 408 g/mol. The van der Waals surface area contributed by atoms with Gasteiger partial charge in [0, 0.05) is 19.2 Å². The lowest BCUT2D eigenvalue weighted by molar-refractivity contribution is 0.0951. The lowest BCUT2D eigenvalue weighted by atomic mass is 10.1. The van der Waals surface area contributed by atoms with Gasteiger partial charge in [0.2, 0.25) is 15.8 Å². The van der Waals surface area contributed by atoms with E-state index in [-0.39, 0.29) is 12.5 Å². The molecule has 0 spiro atoms. The zero-order valence-electron chi connectivity index (χ0n) is 16.5. The van der Waals surface area contributed by atoms with E-state index in [0.29, 0.717) is 28.5 Å². The van der Waals surface area contributed by atoms with Crippen molar-refractivity contribution in [2.24, 2.45) is 0 Å². The number of hydrogen-bond acceptors (Lipinski definition) is 6. The Hall–Kier alpha value is -2.94. The molecule has 2 aromatic carbocycles. The van der Waals surface area contributed by atoms with Gasteiger partial charge >= 0.3 is 0 Å². The molecule has 1 N–H and O–H groups in total. The minimum atomic E-state index is -3.41. The number of sulfonamides is 1. The van der Waals surface area contributed by atoms with Gasteiger partial charge in [-0.05, 0) is 35.9 Å². The number of carbonyl (C=O) groups is 1. The fourth-order valence-corrected chi connectivity index (χ4v) is 3.05. The molecule has 0 saturated carbocycles. The number of hydrogen-bond donors (Lipinski definition) is 1. The maximum Gasteiger partial charge on any atom is 0.251 e. The molecule has 1 amide bonds. The van der Waals surface area contributed by atoms with Crippen LogP contribution in [0.1, 0.15) is 15.9 Å². The van der Waals surface area contributed by atoms with Crippen LogP contribution in [0.4, 0.5) is 5.69 Å². The molecule has 8 nitrogen and oxygen atoms in total. The minimum Gasteiger partial charge on any atom is -0.493 e. The molecule has 152 valence electrons. The van der Waals surface area contributed by atoms with Crippen molar-refractivity contribution in [3.63, 3.8) is 0 Å². The molecule has 0 fully saturated rings. The van der Waals surface area contributed by atoms with E-state index in [0.717, 1.165) is 16.1 Å². The summed E-state index contributed by atoms with van der Waals surface area (Å²) in [6, 6.07) is 9.88. The maximum absolute atomic E-state index is 12.5. The predicted molar refractivity (Wildman–Crippen MR) is 107 cm³/mol. The van der Waals surface area contributed by atoms with E-state index < -0.39 is 10.0 Å². The molecular weight excluding hydrogens is 384 g/mol. The van der Waals surface area contributed by atoms with Gasteiger partial charge in [-0.1, -0.05) is 6.07 Å². The van der Waals surface area contributed by atoms with Gasteiger partial charge in [-0.3, -0.25) is 9.10 Å². The number of nitrogens with one attached hydrogen (secondary N) is 1. The van der Waals surface area contributed by atoms with Crippen LogP contribution in [0.25, 0.3) is 0 Å². The first kappa shape index (κ1) is 21.4. The zero-order chi connectivity index (χ0) is 20.9. The Bertz CT molecular complexity index is 934. The maximum atomic E-state index is 12.5. The van der Waals surface area contributed by atoms with E-state index in [4.69, 9.17) is 14.2 Å². The first-order chi connectivity index (χ1) is 13.2. The number of ether oxygens (including phenoxy) is 3. The third-order valence-electron chi connectivity index (χ3n) is 4.15. The van der Waals surface area contributed by atoms with E-state index in [1.807, 2.05) is 0 Å². The van der Waals surface area contributed by atoms with Crippen molar-refractivity contribution in [1.82, 2.24) is 5.32 Å². The third kappa shape index (κ3) is 4.86. The molecule has 2 aromatic rings.